The number of nitrogens with zero attached hydrogens (tertiary/aromatic N) is 3. The van der Waals surface area contributed by atoms with E-state index < -0.39 is 0 Å². The first-order valence-electron chi connectivity index (χ1n) is 9.36. The number of nitrogens with one attached hydrogen (secondary N) is 2. The van der Waals surface area contributed by atoms with Gasteiger partial charge in [-0.3, -0.25) is 9.59 Å². The van der Waals surface area contributed by atoms with E-state index in [1.165, 1.54) is 17.1 Å². The van der Waals surface area contributed by atoms with E-state index in [1.807, 2.05) is 23.2 Å². The van der Waals surface area contributed by atoms with Gasteiger partial charge in [0.25, 0.3) is 5.91 Å². The molecule has 0 bridgehead atoms. The number of hydrogen-bond donors (Lipinski definition) is 2. The quantitative estimate of drug-likeness (QED) is 0.712. The highest BCUT2D eigenvalue weighted by Crippen LogP contribution is 2.33. The molecule has 2 N–H and O–H groups in total. The van der Waals surface area contributed by atoms with Gasteiger partial charge >= 0.3 is 0 Å². The number of hydrogen-bond acceptors (Lipinski definition) is 5. The number of carbonyl (C=O) groups excluding carboxylic acids is 2. The molecule has 0 radical (unpaired) electrons. The smallest absolute Gasteiger partial charge is 0.256 e. The van der Waals surface area contributed by atoms with Crippen LogP contribution in [-0.2, 0) is 4.79 Å². The van der Waals surface area contributed by atoms with Crippen LogP contribution in [0.3, 0.4) is 0 Å². The first-order valence-corrected chi connectivity index (χ1v) is 10.2. The molecule has 1 saturated carbocycles. The number of amides is 2. The summed E-state index contributed by atoms with van der Waals surface area (Å²) in [5.74, 6) is 0.765. The van der Waals surface area contributed by atoms with Crippen molar-refractivity contribution in [2.75, 3.05) is 18.4 Å². The number of fused-ring (bicyclic) bond motifs is 1. The van der Waals surface area contributed by atoms with Gasteiger partial charge in [0.05, 0.1) is 11.8 Å². The highest BCUT2D eigenvalue weighted by Gasteiger charge is 2.30. The van der Waals surface area contributed by atoms with Crippen molar-refractivity contribution in [1.82, 2.24) is 19.2 Å². The van der Waals surface area contributed by atoms with E-state index in [4.69, 9.17) is 0 Å². The van der Waals surface area contributed by atoms with Crippen LogP contribution < -0.4 is 5.32 Å². The third kappa shape index (κ3) is 3.20. The maximum absolute atomic E-state index is 12.5. The predicted molar refractivity (Wildman–Crippen MR) is 108 cm³/mol. The lowest BCUT2D eigenvalue weighted by atomic mass is 9.97. The SMILES string of the molecule is O=C(Nc1cc(C2=CCN(C(=O)c3cnsc3)CC2)c2cc[nH]c2n1)C1CC1. The Labute approximate surface area is 165 Å². The summed E-state index contributed by atoms with van der Waals surface area (Å²) in [5.41, 5.74) is 3.62. The molecule has 0 aromatic carbocycles. The minimum absolute atomic E-state index is 0.0166. The molecule has 142 valence electrons. The molecule has 7 nitrogen and oxygen atoms in total. The Hall–Kier alpha value is -3.00. The van der Waals surface area contributed by atoms with Crippen LogP contribution in [0.1, 0.15) is 35.2 Å². The van der Waals surface area contributed by atoms with Crippen LogP contribution in [-0.4, -0.2) is 44.1 Å². The molecule has 2 aliphatic rings. The second-order valence-corrected chi connectivity index (χ2v) is 7.86. The molecule has 0 unspecified atom stereocenters. The molecule has 5 rings (SSSR count). The van der Waals surface area contributed by atoms with Gasteiger partial charge < -0.3 is 15.2 Å². The van der Waals surface area contributed by atoms with Crippen molar-refractivity contribution in [3.63, 3.8) is 0 Å². The number of anilines is 1. The number of aromatic nitrogens is 3. The molecule has 0 saturated heterocycles. The molecular weight excluding hydrogens is 374 g/mol. The Morgan fingerprint density at radius 2 is 2.21 bits per heavy atom. The standard InChI is InChI=1S/C20H19N5O2S/c26-19(13-1-2-13)24-17-9-16(15-3-6-21-18(15)23-17)12-4-7-25(8-5-12)20(27)14-10-22-28-11-14/h3-4,6,9-11,13H,1-2,5,7-8H2,(H2,21,23,24,26). The van der Waals surface area contributed by atoms with Gasteiger partial charge in [0.15, 0.2) is 0 Å². The average Bonchev–Trinajstić information content (AvgIpc) is 3.22. The van der Waals surface area contributed by atoms with Crippen molar-refractivity contribution in [3.05, 3.63) is 47.1 Å². The molecule has 8 heteroatoms. The largest absolute Gasteiger partial charge is 0.346 e. The summed E-state index contributed by atoms with van der Waals surface area (Å²) >= 11 is 1.29. The van der Waals surface area contributed by atoms with Gasteiger partial charge in [0, 0.05) is 36.0 Å². The molecule has 0 atom stereocenters. The van der Waals surface area contributed by atoms with Gasteiger partial charge in [-0.15, -0.1) is 0 Å². The molecule has 2 amide bonds. The summed E-state index contributed by atoms with van der Waals surface area (Å²) < 4.78 is 4.01. The fourth-order valence-corrected chi connectivity index (χ4v) is 4.04. The molecule has 3 aromatic rings. The molecule has 3 aromatic heterocycles. The highest BCUT2D eigenvalue weighted by molar-refractivity contribution is 7.03. The van der Waals surface area contributed by atoms with Gasteiger partial charge in [-0.1, -0.05) is 6.08 Å². The second-order valence-electron chi connectivity index (χ2n) is 7.20. The lowest BCUT2D eigenvalue weighted by molar-refractivity contribution is -0.117. The summed E-state index contributed by atoms with van der Waals surface area (Å²) in [6.07, 6.45) is 8.24. The minimum Gasteiger partial charge on any atom is -0.346 e. The Kier molecular flexibility index (Phi) is 4.20. The first-order chi connectivity index (χ1) is 13.7. The monoisotopic (exact) mass is 393 g/mol. The van der Waals surface area contributed by atoms with Crippen molar-refractivity contribution in [2.24, 2.45) is 5.92 Å². The van der Waals surface area contributed by atoms with Crippen molar-refractivity contribution in [2.45, 2.75) is 19.3 Å². The zero-order chi connectivity index (χ0) is 19.1. The number of H-pyrrole nitrogens is 1. The molecule has 4 heterocycles. The normalized spacial score (nSPS) is 16.9. The molecule has 1 fully saturated rings. The predicted octanol–water partition coefficient (Wildman–Crippen LogP) is 3.30. The van der Waals surface area contributed by atoms with Crippen LogP contribution in [0.15, 0.2) is 36.0 Å². The van der Waals surface area contributed by atoms with E-state index in [9.17, 15) is 9.59 Å². The van der Waals surface area contributed by atoms with Crippen molar-refractivity contribution in [1.29, 1.82) is 0 Å². The summed E-state index contributed by atoms with van der Waals surface area (Å²) in [7, 11) is 0. The van der Waals surface area contributed by atoms with Gasteiger partial charge in [-0.25, -0.2) is 9.36 Å². The first kappa shape index (κ1) is 17.1. The lowest BCUT2D eigenvalue weighted by Crippen LogP contribution is -2.34. The fraction of sp³-hybridized carbons (Fsp3) is 0.300. The van der Waals surface area contributed by atoms with E-state index in [0.29, 0.717) is 24.5 Å². The van der Waals surface area contributed by atoms with E-state index >= 15 is 0 Å². The van der Waals surface area contributed by atoms with Crippen molar-refractivity contribution in [3.8, 4) is 0 Å². The number of rotatable bonds is 4. The zero-order valence-electron chi connectivity index (χ0n) is 15.1. The number of pyridine rings is 1. The van der Waals surface area contributed by atoms with Gasteiger partial charge in [0.1, 0.15) is 11.5 Å². The molecule has 1 aliphatic carbocycles. The van der Waals surface area contributed by atoms with Crippen LogP contribution in [0, 0.1) is 5.92 Å². The summed E-state index contributed by atoms with van der Waals surface area (Å²) in [4.78, 5) is 34.2. The number of carbonyl (C=O) groups is 2. The van der Waals surface area contributed by atoms with E-state index in [2.05, 4.69) is 25.7 Å². The van der Waals surface area contributed by atoms with Crippen molar-refractivity contribution >= 4 is 45.8 Å². The highest BCUT2D eigenvalue weighted by atomic mass is 32.1. The van der Waals surface area contributed by atoms with Gasteiger partial charge in [-0.2, -0.15) is 0 Å². The van der Waals surface area contributed by atoms with E-state index in [1.54, 1.807) is 11.6 Å². The zero-order valence-corrected chi connectivity index (χ0v) is 16.0. The van der Waals surface area contributed by atoms with Crippen molar-refractivity contribution < 1.29 is 9.59 Å². The molecule has 28 heavy (non-hydrogen) atoms. The lowest BCUT2D eigenvalue weighted by Gasteiger charge is -2.26. The maximum atomic E-state index is 12.5. The van der Waals surface area contributed by atoms with Crippen LogP contribution in [0.2, 0.25) is 0 Å². The van der Waals surface area contributed by atoms with Gasteiger partial charge in [0.2, 0.25) is 5.91 Å². The summed E-state index contributed by atoms with van der Waals surface area (Å²) in [5, 5.41) is 5.75. The third-order valence-electron chi connectivity index (χ3n) is 5.25. The molecular formula is C20H19N5O2S. The Morgan fingerprint density at radius 1 is 1.32 bits per heavy atom. The van der Waals surface area contributed by atoms with Crippen LogP contribution >= 0.6 is 11.5 Å². The Balaban J connectivity index is 1.41. The van der Waals surface area contributed by atoms with E-state index in [0.717, 1.165) is 35.9 Å². The molecule has 1 aliphatic heterocycles. The summed E-state index contributed by atoms with van der Waals surface area (Å²) in [6, 6.07) is 3.95. The van der Waals surface area contributed by atoms with E-state index in [-0.39, 0.29) is 17.7 Å². The third-order valence-corrected chi connectivity index (χ3v) is 5.84. The maximum Gasteiger partial charge on any atom is 0.256 e. The van der Waals surface area contributed by atoms with Gasteiger partial charge in [-0.05, 0) is 54.1 Å². The van der Waals surface area contributed by atoms with Crippen LogP contribution in [0.25, 0.3) is 16.6 Å². The second kappa shape index (κ2) is 6.87. The van der Waals surface area contributed by atoms with Crippen LogP contribution in [0.5, 0.6) is 0 Å². The topological polar surface area (TPSA) is 91.0 Å². The Bertz CT molecular complexity index is 1080. The number of aromatic amines is 1. The van der Waals surface area contributed by atoms with Crippen LogP contribution in [0.4, 0.5) is 5.82 Å². The minimum atomic E-state index is 0.0166. The Morgan fingerprint density at radius 3 is 2.93 bits per heavy atom. The average molecular weight is 393 g/mol. The summed E-state index contributed by atoms with van der Waals surface area (Å²) in [6.45, 7) is 1.21. The fourth-order valence-electron chi connectivity index (χ4n) is 3.53. The molecule has 0 spiro atoms.